The summed E-state index contributed by atoms with van der Waals surface area (Å²) in [4.78, 5) is 12.9. The van der Waals surface area contributed by atoms with Gasteiger partial charge in [0.2, 0.25) is 15.9 Å². The lowest BCUT2D eigenvalue weighted by atomic mass is 10.1. The van der Waals surface area contributed by atoms with Crippen molar-refractivity contribution in [1.29, 1.82) is 0 Å². The van der Waals surface area contributed by atoms with Gasteiger partial charge in [-0.15, -0.1) is 5.10 Å². The summed E-state index contributed by atoms with van der Waals surface area (Å²) in [6.45, 7) is 6.04. The molecule has 11 heteroatoms. The second-order valence-electron chi connectivity index (χ2n) is 8.75. The number of hydrogen-bond acceptors (Lipinski definition) is 8. The zero-order chi connectivity index (χ0) is 26.3. The highest BCUT2D eigenvalue weighted by molar-refractivity contribution is 7.89. The Balaban J connectivity index is 1.39. The predicted molar refractivity (Wildman–Crippen MR) is 138 cm³/mol. The number of amides is 1. The van der Waals surface area contributed by atoms with Gasteiger partial charge in [0.05, 0.1) is 11.3 Å². The number of ether oxygens (including phenoxy) is 2. The van der Waals surface area contributed by atoms with Gasteiger partial charge in [0.15, 0.2) is 11.5 Å². The molecule has 0 radical (unpaired) electrons. The number of anilines is 1. The molecule has 3 aromatic rings. The molecule has 0 spiro atoms. The third-order valence-corrected chi connectivity index (χ3v) is 7.84. The first-order valence-corrected chi connectivity index (χ1v) is 14.0. The molecule has 0 saturated carbocycles. The predicted octanol–water partition coefficient (Wildman–Crippen LogP) is 4.27. The Bertz CT molecular complexity index is 1300. The standard InChI is InChI=1S/C26H32N4O6S/c1-3-5-13-30(14-6-4-2)37(32,33)21-10-8-20(9-11-21)25(31)27-26-29-28-24(36-26)18-19-7-12-22-23(17-19)35-16-15-34-22/h7-12,17H,3-6,13-16,18H2,1-2H3,(H,27,29,31). The van der Waals surface area contributed by atoms with Crippen LogP contribution in [0.5, 0.6) is 11.5 Å². The van der Waals surface area contributed by atoms with Gasteiger partial charge < -0.3 is 13.9 Å². The Morgan fingerprint density at radius 2 is 1.62 bits per heavy atom. The Hall–Kier alpha value is -3.44. The third-order valence-electron chi connectivity index (χ3n) is 5.93. The van der Waals surface area contributed by atoms with Crippen molar-refractivity contribution in [3.05, 3.63) is 59.5 Å². The zero-order valence-corrected chi connectivity index (χ0v) is 21.9. The van der Waals surface area contributed by atoms with E-state index >= 15 is 0 Å². The van der Waals surface area contributed by atoms with Gasteiger partial charge in [-0.25, -0.2) is 8.42 Å². The molecule has 1 aromatic heterocycles. The molecular formula is C26H32N4O6S. The number of carbonyl (C=O) groups is 1. The molecule has 2 heterocycles. The molecule has 1 aliphatic rings. The molecule has 0 bridgehead atoms. The second kappa shape index (κ2) is 12.2. The first-order chi connectivity index (χ1) is 17.9. The van der Waals surface area contributed by atoms with E-state index in [1.807, 2.05) is 32.0 Å². The smallest absolute Gasteiger partial charge is 0.322 e. The summed E-state index contributed by atoms with van der Waals surface area (Å²) in [6.07, 6.45) is 3.77. The first kappa shape index (κ1) is 26.6. The van der Waals surface area contributed by atoms with E-state index in [1.54, 1.807) is 0 Å². The van der Waals surface area contributed by atoms with Crippen molar-refractivity contribution in [2.24, 2.45) is 0 Å². The van der Waals surface area contributed by atoms with Crippen LogP contribution in [0.2, 0.25) is 0 Å². The van der Waals surface area contributed by atoms with Crippen molar-refractivity contribution < 1.29 is 27.1 Å². The summed E-state index contributed by atoms with van der Waals surface area (Å²) >= 11 is 0. The fourth-order valence-corrected chi connectivity index (χ4v) is 5.38. The summed E-state index contributed by atoms with van der Waals surface area (Å²) in [6, 6.07) is 11.4. The van der Waals surface area contributed by atoms with Gasteiger partial charge in [-0.2, -0.15) is 4.31 Å². The third kappa shape index (κ3) is 6.66. The molecule has 2 aromatic carbocycles. The van der Waals surface area contributed by atoms with E-state index in [0.717, 1.165) is 31.2 Å². The van der Waals surface area contributed by atoms with E-state index < -0.39 is 15.9 Å². The van der Waals surface area contributed by atoms with Crippen LogP contribution in [-0.4, -0.2) is 55.1 Å². The van der Waals surface area contributed by atoms with Gasteiger partial charge in [0.1, 0.15) is 13.2 Å². The van der Waals surface area contributed by atoms with E-state index in [0.29, 0.717) is 50.1 Å². The van der Waals surface area contributed by atoms with Crippen molar-refractivity contribution >= 4 is 21.9 Å². The van der Waals surface area contributed by atoms with Crippen LogP contribution in [0, 0.1) is 0 Å². The molecule has 0 unspecified atom stereocenters. The average Bonchev–Trinajstić information content (AvgIpc) is 3.35. The molecule has 0 aliphatic carbocycles. The lowest BCUT2D eigenvalue weighted by Crippen LogP contribution is -2.33. The summed E-state index contributed by atoms with van der Waals surface area (Å²) < 4.78 is 44.5. The quantitative estimate of drug-likeness (QED) is 0.370. The number of sulfonamides is 1. The number of aromatic nitrogens is 2. The average molecular weight is 529 g/mol. The number of benzene rings is 2. The first-order valence-electron chi connectivity index (χ1n) is 12.5. The fraction of sp³-hybridized carbons (Fsp3) is 0.423. The number of fused-ring (bicyclic) bond motifs is 1. The van der Waals surface area contributed by atoms with Gasteiger partial charge in [0, 0.05) is 18.7 Å². The van der Waals surface area contributed by atoms with Gasteiger partial charge in [-0.1, -0.05) is 37.9 Å². The van der Waals surface area contributed by atoms with E-state index in [2.05, 4.69) is 15.5 Å². The number of unbranched alkanes of at least 4 members (excludes halogenated alkanes) is 2. The van der Waals surface area contributed by atoms with E-state index in [1.165, 1.54) is 28.6 Å². The lowest BCUT2D eigenvalue weighted by molar-refractivity contribution is 0.102. The van der Waals surface area contributed by atoms with Crippen molar-refractivity contribution in [2.45, 2.75) is 50.8 Å². The van der Waals surface area contributed by atoms with Crippen molar-refractivity contribution in [2.75, 3.05) is 31.6 Å². The molecule has 10 nitrogen and oxygen atoms in total. The van der Waals surface area contributed by atoms with Crippen LogP contribution in [-0.2, 0) is 16.4 Å². The highest BCUT2D eigenvalue weighted by Gasteiger charge is 2.24. The van der Waals surface area contributed by atoms with Crippen LogP contribution in [0.25, 0.3) is 0 Å². The summed E-state index contributed by atoms with van der Waals surface area (Å²) in [7, 11) is -3.64. The Morgan fingerprint density at radius 3 is 2.30 bits per heavy atom. The number of carbonyl (C=O) groups excluding carboxylic acids is 1. The molecule has 0 saturated heterocycles. The molecular weight excluding hydrogens is 496 g/mol. The molecule has 1 aliphatic heterocycles. The second-order valence-corrected chi connectivity index (χ2v) is 10.7. The van der Waals surface area contributed by atoms with Crippen LogP contribution in [0.3, 0.4) is 0 Å². The topological polar surface area (TPSA) is 124 Å². The minimum atomic E-state index is -3.64. The number of rotatable bonds is 12. The Labute approximate surface area is 217 Å². The van der Waals surface area contributed by atoms with Gasteiger partial charge >= 0.3 is 6.01 Å². The van der Waals surface area contributed by atoms with Crippen LogP contribution in [0.1, 0.15) is 61.3 Å². The molecule has 1 amide bonds. The Morgan fingerprint density at radius 1 is 0.946 bits per heavy atom. The lowest BCUT2D eigenvalue weighted by Gasteiger charge is -2.22. The molecule has 37 heavy (non-hydrogen) atoms. The van der Waals surface area contributed by atoms with Crippen molar-refractivity contribution in [1.82, 2.24) is 14.5 Å². The van der Waals surface area contributed by atoms with Gasteiger partial charge in [-0.3, -0.25) is 10.1 Å². The fourth-order valence-electron chi connectivity index (χ4n) is 3.87. The van der Waals surface area contributed by atoms with E-state index in [9.17, 15) is 13.2 Å². The maximum atomic E-state index is 13.1. The molecule has 4 rings (SSSR count). The molecule has 0 atom stereocenters. The minimum absolute atomic E-state index is 0.0421. The Kier molecular flexibility index (Phi) is 8.78. The molecule has 198 valence electrons. The van der Waals surface area contributed by atoms with Gasteiger partial charge in [-0.05, 0) is 54.8 Å². The highest BCUT2D eigenvalue weighted by atomic mass is 32.2. The summed E-state index contributed by atoms with van der Waals surface area (Å²) in [5.41, 5.74) is 1.17. The normalized spacial score (nSPS) is 13.1. The largest absolute Gasteiger partial charge is 0.486 e. The molecule has 0 fully saturated rings. The van der Waals surface area contributed by atoms with Gasteiger partial charge in [0.25, 0.3) is 5.91 Å². The van der Waals surface area contributed by atoms with Crippen LogP contribution < -0.4 is 14.8 Å². The maximum absolute atomic E-state index is 13.1. The van der Waals surface area contributed by atoms with Crippen molar-refractivity contribution in [3.8, 4) is 11.5 Å². The van der Waals surface area contributed by atoms with Crippen LogP contribution in [0.15, 0.2) is 51.8 Å². The summed E-state index contributed by atoms with van der Waals surface area (Å²) in [5, 5.41) is 10.5. The van der Waals surface area contributed by atoms with Crippen molar-refractivity contribution in [3.63, 3.8) is 0 Å². The van der Waals surface area contributed by atoms with E-state index in [-0.39, 0.29) is 16.5 Å². The SMILES string of the molecule is CCCCN(CCCC)S(=O)(=O)c1ccc(C(=O)Nc2nnc(Cc3ccc4c(c3)OCCO4)o2)cc1. The molecule has 1 N–H and O–H groups in total. The highest BCUT2D eigenvalue weighted by Crippen LogP contribution is 2.31. The minimum Gasteiger partial charge on any atom is -0.486 e. The van der Waals surface area contributed by atoms with Crippen LogP contribution >= 0.6 is 0 Å². The van der Waals surface area contributed by atoms with E-state index in [4.69, 9.17) is 13.9 Å². The number of nitrogens with zero attached hydrogens (tertiary/aromatic N) is 3. The summed E-state index contributed by atoms with van der Waals surface area (Å²) in [5.74, 6) is 1.21. The monoisotopic (exact) mass is 528 g/mol. The zero-order valence-electron chi connectivity index (χ0n) is 21.1. The number of nitrogens with one attached hydrogen (secondary N) is 1. The van der Waals surface area contributed by atoms with Crippen LogP contribution in [0.4, 0.5) is 6.01 Å². The maximum Gasteiger partial charge on any atom is 0.322 e. The number of hydrogen-bond donors (Lipinski definition) is 1.